The monoisotopic (exact) mass is 418 g/mol. The van der Waals surface area contributed by atoms with Crippen LogP contribution in [0.3, 0.4) is 0 Å². The number of furan rings is 1. The van der Waals surface area contributed by atoms with Gasteiger partial charge in [0, 0.05) is 18.9 Å². The lowest BCUT2D eigenvalue weighted by atomic mass is 9.95. The molecule has 7 heteroatoms. The molecule has 1 aliphatic rings. The average molecular weight is 418 g/mol. The topological polar surface area (TPSA) is 92.9 Å². The third-order valence-corrected chi connectivity index (χ3v) is 4.94. The summed E-state index contributed by atoms with van der Waals surface area (Å²) in [7, 11) is 0. The van der Waals surface area contributed by atoms with Crippen molar-refractivity contribution in [2.75, 3.05) is 0 Å². The van der Waals surface area contributed by atoms with E-state index in [1.807, 2.05) is 19.9 Å². The molecule has 1 atom stereocenters. The summed E-state index contributed by atoms with van der Waals surface area (Å²) < 4.78 is 10.9. The van der Waals surface area contributed by atoms with Crippen molar-refractivity contribution in [2.45, 2.75) is 32.5 Å². The van der Waals surface area contributed by atoms with Crippen LogP contribution in [0.1, 0.15) is 41.6 Å². The van der Waals surface area contributed by atoms with Gasteiger partial charge >= 0.3 is 0 Å². The summed E-state index contributed by atoms with van der Waals surface area (Å²) in [6.45, 7) is 4.04. The summed E-state index contributed by atoms with van der Waals surface area (Å²) in [5.41, 5.74) is 1.44. The number of hydrogen-bond donors (Lipinski definition) is 1. The molecule has 1 amide bonds. The molecule has 0 spiro atoms. The minimum atomic E-state index is -0.779. The molecule has 1 aliphatic heterocycles. The number of carbonyl (C=O) groups is 2. The van der Waals surface area contributed by atoms with E-state index in [0.29, 0.717) is 11.3 Å². The van der Waals surface area contributed by atoms with Gasteiger partial charge in [-0.25, -0.2) is 0 Å². The van der Waals surface area contributed by atoms with Crippen LogP contribution in [-0.2, 0) is 11.3 Å². The van der Waals surface area contributed by atoms with E-state index in [0.717, 1.165) is 5.56 Å². The van der Waals surface area contributed by atoms with Gasteiger partial charge in [-0.1, -0.05) is 18.2 Å². The molecule has 31 heavy (non-hydrogen) atoms. The Bertz CT molecular complexity index is 1100. The van der Waals surface area contributed by atoms with Crippen LogP contribution in [0.4, 0.5) is 0 Å². The fourth-order valence-corrected chi connectivity index (χ4v) is 3.62. The first-order chi connectivity index (χ1) is 15.0. The van der Waals surface area contributed by atoms with Crippen LogP contribution in [0.5, 0.6) is 5.75 Å². The Kier molecular flexibility index (Phi) is 5.58. The number of ketones is 1. The molecule has 158 valence electrons. The van der Waals surface area contributed by atoms with Crippen molar-refractivity contribution >= 4 is 11.7 Å². The van der Waals surface area contributed by atoms with Crippen molar-refractivity contribution in [3.05, 3.63) is 95.4 Å². The molecule has 3 aromatic rings. The molecule has 0 aliphatic carbocycles. The van der Waals surface area contributed by atoms with E-state index in [9.17, 15) is 14.7 Å². The first-order valence-electron chi connectivity index (χ1n) is 9.93. The number of carbonyl (C=O) groups excluding carboxylic acids is 2. The molecule has 4 rings (SSSR count). The number of aliphatic hydroxyl groups is 1. The molecule has 0 radical (unpaired) electrons. The van der Waals surface area contributed by atoms with E-state index in [1.165, 1.54) is 17.2 Å². The molecule has 2 aromatic heterocycles. The molecule has 7 nitrogen and oxygen atoms in total. The molecule has 1 aromatic carbocycles. The Morgan fingerprint density at radius 1 is 1.19 bits per heavy atom. The standard InChI is InChI=1S/C24H22N2O5/c1-15(2)31-18-9-7-17(8-10-18)21-20(22(27)19-6-4-12-30-19)23(28)24(29)26(21)14-16-5-3-11-25-13-16/h3-13,15,21,28H,14H2,1-2H3/t21-/m0/s1. The zero-order valence-electron chi connectivity index (χ0n) is 17.2. The number of nitrogens with zero attached hydrogens (tertiary/aromatic N) is 2. The molecule has 0 bridgehead atoms. The molecule has 0 fully saturated rings. The van der Waals surface area contributed by atoms with Crippen LogP contribution < -0.4 is 4.74 Å². The Morgan fingerprint density at radius 2 is 1.97 bits per heavy atom. The third-order valence-electron chi connectivity index (χ3n) is 4.94. The lowest BCUT2D eigenvalue weighted by Gasteiger charge is -2.27. The quantitative estimate of drug-likeness (QED) is 0.577. The highest BCUT2D eigenvalue weighted by atomic mass is 16.5. The maximum atomic E-state index is 13.1. The Labute approximate surface area is 179 Å². The van der Waals surface area contributed by atoms with Gasteiger partial charge in [0.15, 0.2) is 11.5 Å². The van der Waals surface area contributed by atoms with Crippen molar-refractivity contribution in [2.24, 2.45) is 0 Å². The van der Waals surface area contributed by atoms with Crippen molar-refractivity contribution in [3.8, 4) is 5.75 Å². The van der Waals surface area contributed by atoms with Crippen molar-refractivity contribution < 1.29 is 23.8 Å². The second-order valence-corrected chi connectivity index (χ2v) is 7.50. The smallest absolute Gasteiger partial charge is 0.290 e. The number of ether oxygens (including phenoxy) is 1. The fraction of sp³-hybridized carbons (Fsp3) is 0.208. The number of benzene rings is 1. The van der Waals surface area contributed by atoms with Gasteiger partial charge in [-0.15, -0.1) is 0 Å². The Hall–Kier alpha value is -3.87. The normalized spacial score (nSPS) is 16.3. The minimum absolute atomic E-state index is 0.0126. The first-order valence-corrected chi connectivity index (χ1v) is 9.93. The number of aromatic nitrogens is 1. The van der Waals surface area contributed by atoms with Gasteiger partial charge in [0.25, 0.3) is 5.91 Å². The SMILES string of the molecule is CC(C)Oc1ccc([C@H]2C(C(=O)c3ccco3)=C(O)C(=O)N2Cc2cccnc2)cc1. The summed E-state index contributed by atoms with van der Waals surface area (Å²) in [5.74, 6) is -0.988. The number of aliphatic hydroxyl groups excluding tert-OH is 1. The van der Waals surface area contributed by atoms with Crippen LogP contribution in [-0.4, -0.2) is 32.8 Å². The highest BCUT2D eigenvalue weighted by molar-refractivity contribution is 6.14. The van der Waals surface area contributed by atoms with Crippen LogP contribution >= 0.6 is 0 Å². The number of pyridine rings is 1. The largest absolute Gasteiger partial charge is 0.503 e. The van der Waals surface area contributed by atoms with Gasteiger partial charge in [0.2, 0.25) is 5.78 Å². The van der Waals surface area contributed by atoms with Gasteiger partial charge < -0.3 is 19.2 Å². The number of hydrogen-bond acceptors (Lipinski definition) is 6. The summed E-state index contributed by atoms with van der Waals surface area (Å²) in [4.78, 5) is 31.7. The van der Waals surface area contributed by atoms with E-state index >= 15 is 0 Å². The maximum absolute atomic E-state index is 13.1. The van der Waals surface area contributed by atoms with Crippen LogP contribution in [0.2, 0.25) is 0 Å². The van der Waals surface area contributed by atoms with Crippen LogP contribution in [0.15, 0.2) is 82.9 Å². The van der Waals surface area contributed by atoms with Crippen LogP contribution in [0, 0.1) is 0 Å². The van der Waals surface area contributed by atoms with E-state index < -0.39 is 23.5 Å². The minimum Gasteiger partial charge on any atom is -0.503 e. The van der Waals surface area contributed by atoms with E-state index in [4.69, 9.17) is 9.15 Å². The van der Waals surface area contributed by atoms with Gasteiger partial charge in [0.05, 0.1) is 24.0 Å². The van der Waals surface area contributed by atoms with Crippen molar-refractivity contribution in [1.82, 2.24) is 9.88 Å². The van der Waals surface area contributed by atoms with E-state index in [1.54, 1.807) is 48.8 Å². The second kappa shape index (κ2) is 8.47. The number of amides is 1. The summed E-state index contributed by atoms with van der Waals surface area (Å²) >= 11 is 0. The number of rotatable bonds is 7. The Balaban J connectivity index is 1.75. The summed E-state index contributed by atoms with van der Waals surface area (Å²) in [6, 6.07) is 13.1. The molecule has 0 saturated heterocycles. The zero-order chi connectivity index (χ0) is 22.0. The average Bonchev–Trinajstić information content (AvgIpc) is 3.38. The first kappa shape index (κ1) is 20.4. The predicted octanol–water partition coefficient (Wildman–Crippen LogP) is 4.24. The maximum Gasteiger partial charge on any atom is 0.290 e. The summed E-state index contributed by atoms with van der Waals surface area (Å²) in [6.07, 6.45) is 4.68. The highest BCUT2D eigenvalue weighted by Gasteiger charge is 2.44. The molecule has 0 unspecified atom stereocenters. The van der Waals surface area contributed by atoms with Crippen molar-refractivity contribution in [3.63, 3.8) is 0 Å². The van der Waals surface area contributed by atoms with Crippen LogP contribution in [0.25, 0.3) is 0 Å². The molecule has 0 saturated carbocycles. The van der Waals surface area contributed by atoms with Gasteiger partial charge in [-0.2, -0.15) is 0 Å². The van der Waals surface area contributed by atoms with Crippen molar-refractivity contribution in [1.29, 1.82) is 0 Å². The molecular weight excluding hydrogens is 396 g/mol. The molecular formula is C24H22N2O5. The van der Waals surface area contributed by atoms with Gasteiger partial charge in [-0.3, -0.25) is 14.6 Å². The fourth-order valence-electron chi connectivity index (χ4n) is 3.62. The van der Waals surface area contributed by atoms with E-state index in [2.05, 4.69) is 4.98 Å². The number of Topliss-reactive ketones (excluding diaryl/α,β-unsaturated/α-hetero) is 1. The summed E-state index contributed by atoms with van der Waals surface area (Å²) in [5, 5.41) is 10.7. The third kappa shape index (κ3) is 4.07. The van der Waals surface area contributed by atoms with Gasteiger partial charge in [0.1, 0.15) is 5.75 Å². The lowest BCUT2D eigenvalue weighted by Crippen LogP contribution is -2.30. The zero-order valence-corrected chi connectivity index (χ0v) is 17.2. The highest BCUT2D eigenvalue weighted by Crippen LogP contribution is 2.40. The van der Waals surface area contributed by atoms with E-state index in [-0.39, 0.29) is 24.0 Å². The van der Waals surface area contributed by atoms with Gasteiger partial charge in [-0.05, 0) is 55.3 Å². The Morgan fingerprint density at radius 3 is 2.58 bits per heavy atom. The molecule has 3 heterocycles. The predicted molar refractivity (Wildman–Crippen MR) is 112 cm³/mol. The second-order valence-electron chi connectivity index (χ2n) is 7.50. The molecule has 1 N–H and O–H groups in total. The lowest BCUT2D eigenvalue weighted by molar-refractivity contribution is -0.130.